The minimum Gasteiger partial charge on any atom is -0.381 e. The fourth-order valence-electron chi connectivity index (χ4n) is 1.92. The van der Waals surface area contributed by atoms with Crippen molar-refractivity contribution >= 4 is 49.1 Å². The van der Waals surface area contributed by atoms with Crippen molar-refractivity contribution in [3.8, 4) is 0 Å². The quantitative estimate of drug-likeness (QED) is 0.653. The molecular weight excluding hydrogens is 389 g/mol. The van der Waals surface area contributed by atoms with Crippen LogP contribution in [0.25, 0.3) is 0 Å². The van der Waals surface area contributed by atoms with Crippen molar-refractivity contribution in [2.24, 2.45) is 0 Å². The fourth-order valence-corrected chi connectivity index (χ4v) is 2.73. The van der Waals surface area contributed by atoms with Gasteiger partial charge in [-0.25, -0.2) is 0 Å². The molecule has 0 aliphatic rings. The Hall–Kier alpha value is -0.510. The van der Waals surface area contributed by atoms with Crippen LogP contribution in [0.5, 0.6) is 0 Å². The summed E-state index contributed by atoms with van der Waals surface area (Å²) in [4.78, 5) is 0. The lowest BCUT2D eigenvalue weighted by Gasteiger charge is -2.12. The molecule has 0 fully saturated rings. The Morgan fingerprint density at radius 2 is 1.68 bits per heavy atom. The van der Waals surface area contributed by atoms with Crippen molar-refractivity contribution in [3.63, 3.8) is 0 Å². The smallest absolute Gasteiger partial charge is 0.0412 e. The third kappa shape index (κ3) is 3.74. The number of hydrogen-bond donors (Lipinski definition) is 1. The van der Waals surface area contributed by atoms with Crippen LogP contribution < -0.4 is 5.32 Å². The highest BCUT2D eigenvalue weighted by molar-refractivity contribution is 9.10. The fraction of sp³-hybridized carbons (Fsp3) is 0.200. The van der Waals surface area contributed by atoms with Crippen LogP contribution in [0.2, 0.25) is 5.02 Å². The number of halogens is 3. The molecule has 0 amide bonds. The molecule has 1 nitrogen and oxygen atoms in total. The zero-order valence-electron chi connectivity index (χ0n) is 10.7. The Balaban J connectivity index is 2.17. The summed E-state index contributed by atoms with van der Waals surface area (Å²) in [5.74, 6) is 0. The summed E-state index contributed by atoms with van der Waals surface area (Å²) >= 11 is 13.1. The first-order valence-corrected chi connectivity index (χ1v) is 7.88. The van der Waals surface area contributed by atoms with Gasteiger partial charge in [0.1, 0.15) is 0 Å². The summed E-state index contributed by atoms with van der Waals surface area (Å²) in [7, 11) is 0. The largest absolute Gasteiger partial charge is 0.381 e. The van der Waals surface area contributed by atoms with Crippen LogP contribution >= 0.6 is 43.5 Å². The maximum absolute atomic E-state index is 6.01. The molecule has 2 aromatic rings. The third-order valence-corrected chi connectivity index (χ3v) is 5.19. The summed E-state index contributed by atoms with van der Waals surface area (Å²) in [6, 6.07) is 10.1. The van der Waals surface area contributed by atoms with Gasteiger partial charge in [0.25, 0.3) is 0 Å². The van der Waals surface area contributed by atoms with Crippen molar-refractivity contribution in [2.75, 3.05) is 5.32 Å². The molecule has 0 atom stereocenters. The van der Waals surface area contributed by atoms with Gasteiger partial charge < -0.3 is 5.32 Å². The summed E-state index contributed by atoms with van der Waals surface area (Å²) in [6.07, 6.45) is 0. The van der Waals surface area contributed by atoms with Crippen molar-refractivity contribution < 1.29 is 0 Å². The van der Waals surface area contributed by atoms with Gasteiger partial charge in [0.2, 0.25) is 0 Å². The standard InChI is InChI=1S/C15H14Br2ClN/c1-9-5-13(6-10(2)15(9)17)19-8-11-7-12(18)3-4-14(11)16/h3-7,19H,8H2,1-2H3. The molecule has 0 saturated heterocycles. The minimum absolute atomic E-state index is 0.738. The van der Waals surface area contributed by atoms with Gasteiger partial charge in [0, 0.05) is 26.2 Å². The first kappa shape index (κ1) is 14.9. The van der Waals surface area contributed by atoms with Gasteiger partial charge >= 0.3 is 0 Å². The maximum Gasteiger partial charge on any atom is 0.0412 e. The number of anilines is 1. The van der Waals surface area contributed by atoms with E-state index in [0.717, 1.165) is 27.3 Å². The zero-order valence-corrected chi connectivity index (χ0v) is 14.7. The van der Waals surface area contributed by atoms with Gasteiger partial charge in [0.15, 0.2) is 0 Å². The Morgan fingerprint density at radius 1 is 1.05 bits per heavy atom. The molecule has 0 aliphatic heterocycles. The lowest BCUT2D eigenvalue weighted by atomic mass is 10.1. The van der Waals surface area contributed by atoms with E-state index in [1.54, 1.807) is 0 Å². The SMILES string of the molecule is Cc1cc(NCc2cc(Cl)ccc2Br)cc(C)c1Br. The van der Waals surface area contributed by atoms with E-state index in [1.807, 2.05) is 18.2 Å². The molecule has 0 unspecified atom stereocenters. The Kier molecular flexibility index (Phi) is 4.93. The molecule has 100 valence electrons. The number of nitrogens with one attached hydrogen (secondary N) is 1. The molecule has 1 N–H and O–H groups in total. The molecule has 2 aromatic carbocycles. The van der Waals surface area contributed by atoms with Gasteiger partial charge in [-0.2, -0.15) is 0 Å². The van der Waals surface area contributed by atoms with Crippen molar-refractivity contribution in [3.05, 3.63) is 61.0 Å². The van der Waals surface area contributed by atoms with E-state index in [9.17, 15) is 0 Å². The molecule has 0 bridgehead atoms. The van der Waals surface area contributed by atoms with Crippen LogP contribution in [0.3, 0.4) is 0 Å². The molecule has 0 saturated carbocycles. The predicted octanol–water partition coefficient (Wildman–Crippen LogP) is 6.09. The third-order valence-electron chi connectivity index (χ3n) is 2.93. The normalized spacial score (nSPS) is 10.6. The van der Waals surface area contributed by atoms with E-state index in [0.29, 0.717) is 0 Å². The highest BCUT2D eigenvalue weighted by Gasteiger charge is 2.04. The molecule has 0 aliphatic carbocycles. The molecule has 0 radical (unpaired) electrons. The predicted molar refractivity (Wildman–Crippen MR) is 90.1 cm³/mol. The lowest BCUT2D eigenvalue weighted by molar-refractivity contribution is 1.13. The van der Waals surface area contributed by atoms with Crippen molar-refractivity contribution in [1.29, 1.82) is 0 Å². The van der Waals surface area contributed by atoms with Gasteiger partial charge in [-0.05, 0) is 60.9 Å². The second-order valence-electron chi connectivity index (χ2n) is 4.51. The zero-order chi connectivity index (χ0) is 14.0. The van der Waals surface area contributed by atoms with Crippen molar-refractivity contribution in [2.45, 2.75) is 20.4 Å². The van der Waals surface area contributed by atoms with E-state index in [-0.39, 0.29) is 0 Å². The first-order valence-electron chi connectivity index (χ1n) is 5.92. The molecule has 19 heavy (non-hydrogen) atoms. The van der Waals surface area contributed by atoms with Gasteiger partial charge in [-0.3, -0.25) is 0 Å². The maximum atomic E-state index is 6.01. The second-order valence-corrected chi connectivity index (χ2v) is 6.60. The van der Waals surface area contributed by atoms with E-state index in [2.05, 4.69) is 63.2 Å². The average Bonchev–Trinajstić information content (AvgIpc) is 2.37. The van der Waals surface area contributed by atoms with Crippen molar-refractivity contribution in [1.82, 2.24) is 0 Å². The minimum atomic E-state index is 0.738. The molecule has 0 heterocycles. The van der Waals surface area contributed by atoms with E-state index in [1.165, 1.54) is 15.6 Å². The molecule has 2 rings (SSSR count). The van der Waals surface area contributed by atoms with Gasteiger partial charge in [-0.1, -0.05) is 43.5 Å². The van der Waals surface area contributed by atoms with Gasteiger partial charge in [0.05, 0.1) is 0 Å². The highest BCUT2D eigenvalue weighted by Crippen LogP contribution is 2.26. The van der Waals surface area contributed by atoms with Crippen LogP contribution in [0.15, 0.2) is 39.3 Å². The molecule has 0 aromatic heterocycles. The highest BCUT2D eigenvalue weighted by atomic mass is 79.9. The molecule has 0 spiro atoms. The Bertz CT molecular complexity index is 588. The van der Waals surface area contributed by atoms with E-state index in [4.69, 9.17) is 11.6 Å². The lowest BCUT2D eigenvalue weighted by Crippen LogP contribution is -2.01. The first-order chi connectivity index (χ1) is 8.97. The summed E-state index contributed by atoms with van der Waals surface area (Å²) in [5, 5.41) is 4.18. The second kappa shape index (κ2) is 6.29. The Labute approximate surface area is 135 Å². The number of aryl methyl sites for hydroxylation is 2. The number of hydrogen-bond acceptors (Lipinski definition) is 1. The molecular formula is C15H14Br2ClN. The average molecular weight is 404 g/mol. The van der Waals surface area contributed by atoms with E-state index >= 15 is 0 Å². The summed E-state index contributed by atoms with van der Waals surface area (Å²) in [5.41, 5.74) is 4.72. The molecule has 4 heteroatoms. The summed E-state index contributed by atoms with van der Waals surface area (Å²) < 4.78 is 2.23. The van der Waals surface area contributed by atoms with Crippen LogP contribution in [-0.4, -0.2) is 0 Å². The van der Waals surface area contributed by atoms with Crippen LogP contribution in [0, 0.1) is 13.8 Å². The Morgan fingerprint density at radius 3 is 2.32 bits per heavy atom. The topological polar surface area (TPSA) is 12.0 Å². The van der Waals surface area contributed by atoms with Crippen LogP contribution in [0.1, 0.15) is 16.7 Å². The number of rotatable bonds is 3. The summed E-state index contributed by atoms with van der Waals surface area (Å²) in [6.45, 7) is 4.93. The van der Waals surface area contributed by atoms with Crippen LogP contribution in [-0.2, 0) is 6.54 Å². The van der Waals surface area contributed by atoms with Gasteiger partial charge in [-0.15, -0.1) is 0 Å². The monoisotopic (exact) mass is 401 g/mol. The number of benzene rings is 2. The van der Waals surface area contributed by atoms with E-state index < -0.39 is 0 Å². The van der Waals surface area contributed by atoms with Crippen LogP contribution in [0.4, 0.5) is 5.69 Å².